The summed E-state index contributed by atoms with van der Waals surface area (Å²) in [6.07, 6.45) is -7.97. The molecule has 0 radical (unpaired) electrons. The molecule has 2 saturated heterocycles. The number of hydrogen-bond donors (Lipinski definition) is 2. The van der Waals surface area contributed by atoms with Crippen molar-refractivity contribution in [2.45, 2.75) is 57.0 Å². The van der Waals surface area contributed by atoms with Crippen LogP contribution in [0, 0.1) is 6.92 Å². The fraction of sp³-hybridized carbons (Fsp3) is 0.522. The van der Waals surface area contributed by atoms with Crippen molar-refractivity contribution in [1.82, 2.24) is 9.88 Å². The summed E-state index contributed by atoms with van der Waals surface area (Å²) in [5, 5.41) is 18.3. The number of carboxylic acid groups (broad SMARTS) is 2. The van der Waals surface area contributed by atoms with Crippen molar-refractivity contribution in [3.63, 3.8) is 0 Å². The molecule has 3 heterocycles. The number of benzene rings is 1. The molecular formula is C23H25ClF6N2O6S. The molecule has 218 valence electrons. The summed E-state index contributed by atoms with van der Waals surface area (Å²) in [7, 11) is 0. The van der Waals surface area contributed by atoms with E-state index in [1.165, 1.54) is 5.56 Å². The van der Waals surface area contributed by atoms with Crippen LogP contribution in [0.5, 0.6) is 0 Å². The molecule has 1 spiro atoms. The van der Waals surface area contributed by atoms with Gasteiger partial charge in [0.2, 0.25) is 0 Å². The van der Waals surface area contributed by atoms with E-state index in [1.807, 2.05) is 25.1 Å². The number of carbonyl (C=O) groups is 2. The van der Waals surface area contributed by atoms with Gasteiger partial charge in [-0.2, -0.15) is 26.3 Å². The van der Waals surface area contributed by atoms with E-state index in [-0.39, 0.29) is 11.7 Å². The lowest BCUT2D eigenvalue weighted by Crippen LogP contribution is -2.65. The number of rotatable bonds is 5. The van der Waals surface area contributed by atoms with E-state index in [9.17, 15) is 26.3 Å². The standard InChI is InChI=1S/C19H23ClN2O2S.2C2HF3O2/c1-14-21-16(11-25-14)10-23-17-6-7-24-19(8-17)12-22(13-19)9-15-4-2-3-5-18(15)20;2*3-2(4,5)1(6)7/h2-5,11,17H,6-10,12-13H2,1H3;2*(H,6,7). The Balaban J connectivity index is 0.000000317. The van der Waals surface area contributed by atoms with Gasteiger partial charge in [0.05, 0.1) is 29.0 Å². The maximum Gasteiger partial charge on any atom is 0.490 e. The number of likely N-dealkylation sites (tertiary alicyclic amines) is 1. The number of nitrogens with zero attached hydrogens (tertiary/aromatic N) is 2. The van der Waals surface area contributed by atoms with Gasteiger partial charge in [-0.1, -0.05) is 29.8 Å². The van der Waals surface area contributed by atoms with Crippen LogP contribution in [0.2, 0.25) is 5.02 Å². The third kappa shape index (κ3) is 10.9. The summed E-state index contributed by atoms with van der Waals surface area (Å²) in [6.45, 7) is 6.20. The second-order valence-electron chi connectivity index (χ2n) is 8.66. The normalized spacial score (nSPS) is 18.7. The highest BCUT2D eigenvalue weighted by molar-refractivity contribution is 7.09. The molecule has 2 aromatic rings. The lowest BCUT2D eigenvalue weighted by atomic mass is 9.84. The van der Waals surface area contributed by atoms with Crippen LogP contribution in [-0.2, 0) is 32.2 Å². The summed E-state index contributed by atoms with van der Waals surface area (Å²) in [6, 6.07) is 8.06. The molecule has 1 atom stereocenters. The van der Waals surface area contributed by atoms with E-state index >= 15 is 0 Å². The highest BCUT2D eigenvalue weighted by Crippen LogP contribution is 2.37. The van der Waals surface area contributed by atoms with E-state index < -0.39 is 24.3 Å². The molecule has 0 saturated carbocycles. The van der Waals surface area contributed by atoms with Crippen LogP contribution in [0.25, 0.3) is 0 Å². The van der Waals surface area contributed by atoms with Crippen LogP contribution >= 0.6 is 22.9 Å². The van der Waals surface area contributed by atoms with Gasteiger partial charge in [0.1, 0.15) is 0 Å². The van der Waals surface area contributed by atoms with Crippen molar-refractivity contribution in [3.8, 4) is 0 Å². The smallest absolute Gasteiger partial charge is 0.475 e. The van der Waals surface area contributed by atoms with Gasteiger partial charge < -0.3 is 19.7 Å². The first kappa shape index (κ1) is 32.8. The Hall–Kier alpha value is -2.46. The van der Waals surface area contributed by atoms with Crippen LogP contribution in [0.3, 0.4) is 0 Å². The molecule has 2 N–H and O–H groups in total. The average Bonchev–Trinajstić information content (AvgIpc) is 3.23. The van der Waals surface area contributed by atoms with Crippen molar-refractivity contribution < 1.29 is 55.6 Å². The largest absolute Gasteiger partial charge is 0.490 e. The molecule has 1 unspecified atom stereocenters. The fourth-order valence-corrected chi connectivity index (χ4v) is 4.56. The summed E-state index contributed by atoms with van der Waals surface area (Å²) < 4.78 is 75.7. The minimum absolute atomic E-state index is 0.0395. The Bertz CT molecular complexity index is 1080. The minimum Gasteiger partial charge on any atom is -0.475 e. The topological polar surface area (TPSA) is 109 Å². The predicted molar refractivity (Wildman–Crippen MR) is 127 cm³/mol. The monoisotopic (exact) mass is 606 g/mol. The van der Waals surface area contributed by atoms with E-state index in [0.29, 0.717) is 6.61 Å². The van der Waals surface area contributed by atoms with E-state index in [1.54, 1.807) is 11.3 Å². The Labute approximate surface area is 228 Å². The zero-order valence-electron chi connectivity index (χ0n) is 20.4. The fourth-order valence-electron chi connectivity index (χ4n) is 3.77. The van der Waals surface area contributed by atoms with Crippen LogP contribution in [0.1, 0.15) is 29.1 Å². The van der Waals surface area contributed by atoms with Gasteiger partial charge in [-0.05, 0) is 25.0 Å². The van der Waals surface area contributed by atoms with Crippen molar-refractivity contribution in [1.29, 1.82) is 0 Å². The molecule has 39 heavy (non-hydrogen) atoms. The SMILES string of the molecule is Cc1nc(COC2CCOC3(C2)CN(Cc2ccccc2Cl)C3)cs1.O=C(O)C(F)(F)F.O=C(O)C(F)(F)F. The van der Waals surface area contributed by atoms with Gasteiger partial charge in [0.25, 0.3) is 0 Å². The molecular weight excluding hydrogens is 582 g/mol. The molecule has 0 bridgehead atoms. The maximum atomic E-state index is 10.6. The predicted octanol–water partition coefficient (Wildman–Crippen LogP) is 5.32. The minimum atomic E-state index is -5.08. The van der Waals surface area contributed by atoms with Gasteiger partial charge >= 0.3 is 24.3 Å². The Morgan fingerprint density at radius 2 is 1.72 bits per heavy atom. The molecule has 0 aliphatic carbocycles. The van der Waals surface area contributed by atoms with Gasteiger partial charge in [-0.3, -0.25) is 4.90 Å². The highest BCUT2D eigenvalue weighted by Gasteiger charge is 2.47. The summed E-state index contributed by atoms with van der Waals surface area (Å²) >= 11 is 7.94. The van der Waals surface area contributed by atoms with E-state index in [4.69, 9.17) is 40.9 Å². The van der Waals surface area contributed by atoms with E-state index in [2.05, 4.69) is 21.3 Å². The average molecular weight is 607 g/mol. The highest BCUT2D eigenvalue weighted by atomic mass is 35.5. The van der Waals surface area contributed by atoms with Crippen LogP contribution in [0.4, 0.5) is 26.3 Å². The second kappa shape index (κ2) is 13.7. The number of thiazole rings is 1. The molecule has 1 aromatic carbocycles. The van der Waals surface area contributed by atoms with Gasteiger partial charge in [0, 0.05) is 43.1 Å². The van der Waals surface area contributed by atoms with Crippen molar-refractivity contribution in [2.24, 2.45) is 0 Å². The van der Waals surface area contributed by atoms with Crippen molar-refractivity contribution in [2.75, 3.05) is 19.7 Å². The van der Waals surface area contributed by atoms with Gasteiger partial charge in [-0.15, -0.1) is 11.3 Å². The molecule has 1 aromatic heterocycles. The first-order valence-electron chi connectivity index (χ1n) is 11.2. The first-order chi connectivity index (χ1) is 18.0. The molecule has 16 heteroatoms. The Morgan fingerprint density at radius 1 is 1.15 bits per heavy atom. The third-order valence-electron chi connectivity index (χ3n) is 5.44. The molecule has 2 aliphatic heterocycles. The number of aryl methyl sites for hydroxylation is 1. The number of aromatic nitrogens is 1. The van der Waals surface area contributed by atoms with Crippen molar-refractivity contribution in [3.05, 3.63) is 50.9 Å². The number of carboxylic acids is 2. The van der Waals surface area contributed by atoms with Crippen LogP contribution in [-0.4, -0.2) is 75.8 Å². The third-order valence-corrected chi connectivity index (χ3v) is 6.63. The quantitative estimate of drug-likeness (QED) is 0.440. The first-order valence-corrected chi connectivity index (χ1v) is 12.5. The van der Waals surface area contributed by atoms with Gasteiger partial charge in [-0.25, -0.2) is 14.6 Å². The summed E-state index contributed by atoms with van der Waals surface area (Å²) in [4.78, 5) is 24.7. The molecule has 2 fully saturated rings. The zero-order valence-corrected chi connectivity index (χ0v) is 22.0. The van der Waals surface area contributed by atoms with Crippen LogP contribution in [0.15, 0.2) is 29.6 Å². The summed E-state index contributed by atoms with van der Waals surface area (Å²) in [5.74, 6) is -5.51. The van der Waals surface area contributed by atoms with Crippen LogP contribution < -0.4 is 0 Å². The molecule has 0 amide bonds. The molecule has 8 nitrogen and oxygen atoms in total. The maximum absolute atomic E-state index is 10.6. The lowest BCUT2D eigenvalue weighted by molar-refractivity contribution is -0.200. The lowest BCUT2D eigenvalue weighted by Gasteiger charge is -2.53. The zero-order chi connectivity index (χ0) is 29.4. The second-order valence-corrected chi connectivity index (χ2v) is 10.1. The number of aliphatic carboxylic acids is 2. The van der Waals surface area contributed by atoms with E-state index in [0.717, 1.165) is 54.8 Å². The summed E-state index contributed by atoms with van der Waals surface area (Å²) in [5.41, 5.74) is 2.18. The Kier molecular flexibility index (Phi) is 11.5. The van der Waals surface area contributed by atoms with Crippen molar-refractivity contribution >= 4 is 34.9 Å². The van der Waals surface area contributed by atoms with Gasteiger partial charge in [0.15, 0.2) is 0 Å². The Morgan fingerprint density at radius 3 is 2.21 bits per heavy atom. The number of hydrogen-bond acceptors (Lipinski definition) is 7. The molecule has 4 rings (SSSR count). The number of halogens is 7. The number of ether oxygens (including phenoxy) is 2. The molecule has 2 aliphatic rings. The number of alkyl halides is 6.